The number of hydrogen-bond acceptors (Lipinski definition) is 5. The Kier molecular flexibility index (Phi) is 5.55. The molecule has 2 fully saturated rings. The van der Waals surface area contributed by atoms with Crippen molar-refractivity contribution in [3.8, 4) is 5.75 Å². The number of nitrogens with zero attached hydrogens (tertiary/aromatic N) is 1. The van der Waals surface area contributed by atoms with Gasteiger partial charge < -0.3 is 15.4 Å². The maximum atomic E-state index is 13.0. The van der Waals surface area contributed by atoms with Crippen LogP contribution in [0.2, 0.25) is 0 Å². The Labute approximate surface area is 154 Å². The number of amides is 1. The van der Waals surface area contributed by atoms with Crippen LogP contribution in [0.1, 0.15) is 43.0 Å². The lowest BCUT2D eigenvalue weighted by molar-refractivity contribution is 0.0573. The van der Waals surface area contributed by atoms with Crippen molar-refractivity contribution in [3.05, 3.63) is 23.8 Å². The van der Waals surface area contributed by atoms with Crippen LogP contribution in [0.4, 0.5) is 0 Å². The van der Waals surface area contributed by atoms with Crippen LogP contribution >= 0.6 is 0 Å². The van der Waals surface area contributed by atoms with Gasteiger partial charge in [-0.15, -0.1) is 0 Å². The average molecular weight is 381 g/mol. The van der Waals surface area contributed by atoms with Crippen molar-refractivity contribution in [1.29, 1.82) is 0 Å². The second kappa shape index (κ2) is 7.54. The molecular formula is C18H27N3O4S. The third-order valence-corrected chi connectivity index (χ3v) is 6.65. The number of methoxy groups -OCH3 is 1. The summed E-state index contributed by atoms with van der Waals surface area (Å²) in [5.41, 5.74) is 6.20. The van der Waals surface area contributed by atoms with Crippen molar-refractivity contribution in [2.75, 3.05) is 20.2 Å². The first-order valence-electron chi connectivity index (χ1n) is 9.07. The Balaban J connectivity index is 1.90. The Morgan fingerprint density at radius 3 is 2.69 bits per heavy atom. The molecule has 3 rings (SSSR count). The number of nitrogens with one attached hydrogen (secondary N) is 1. The molecule has 2 aliphatic rings. The fourth-order valence-corrected chi connectivity index (χ4v) is 4.91. The summed E-state index contributed by atoms with van der Waals surface area (Å²) in [5, 5.41) is 0. The van der Waals surface area contributed by atoms with Gasteiger partial charge >= 0.3 is 0 Å². The second-order valence-corrected chi connectivity index (χ2v) is 8.96. The fourth-order valence-electron chi connectivity index (χ4n) is 3.41. The highest BCUT2D eigenvalue weighted by Crippen LogP contribution is 2.30. The molecule has 2 atom stereocenters. The maximum Gasteiger partial charge on any atom is 0.254 e. The Morgan fingerprint density at radius 1 is 1.35 bits per heavy atom. The number of nitrogens with two attached hydrogens (primary N) is 1. The molecule has 2 unspecified atom stereocenters. The van der Waals surface area contributed by atoms with Gasteiger partial charge in [0.2, 0.25) is 10.0 Å². The minimum atomic E-state index is -3.72. The molecule has 0 aromatic heterocycles. The minimum Gasteiger partial charge on any atom is -0.495 e. The summed E-state index contributed by atoms with van der Waals surface area (Å²) in [6.45, 7) is 3.20. The lowest BCUT2D eigenvalue weighted by Gasteiger charge is -2.38. The van der Waals surface area contributed by atoms with Gasteiger partial charge in [0.05, 0.1) is 7.11 Å². The highest BCUT2D eigenvalue weighted by molar-refractivity contribution is 7.89. The summed E-state index contributed by atoms with van der Waals surface area (Å²) in [6.07, 6.45) is 3.47. The van der Waals surface area contributed by atoms with E-state index in [-0.39, 0.29) is 28.6 Å². The van der Waals surface area contributed by atoms with Crippen LogP contribution in [-0.4, -0.2) is 51.5 Å². The predicted octanol–water partition coefficient (Wildman–Crippen LogP) is 1.34. The number of carbonyl (C=O) groups is 1. The molecule has 0 radical (unpaired) electrons. The van der Waals surface area contributed by atoms with E-state index < -0.39 is 10.0 Å². The van der Waals surface area contributed by atoms with E-state index in [1.165, 1.54) is 13.2 Å². The van der Waals surface area contributed by atoms with Gasteiger partial charge in [0.1, 0.15) is 10.6 Å². The minimum absolute atomic E-state index is 0.00688. The average Bonchev–Trinajstić information content (AvgIpc) is 3.43. The van der Waals surface area contributed by atoms with Gasteiger partial charge in [-0.05, 0) is 49.8 Å². The SMILES string of the molecule is COc1ccc(C(=O)N2CCC(C)CC2CN)cc1S(=O)(=O)NC1CC1. The van der Waals surface area contributed by atoms with Crippen molar-refractivity contribution >= 4 is 15.9 Å². The summed E-state index contributed by atoms with van der Waals surface area (Å²) in [4.78, 5) is 14.8. The molecule has 26 heavy (non-hydrogen) atoms. The zero-order valence-corrected chi connectivity index (χ0v) is 16.1. The molecule has 3 N–H and O–H groups in total. The zero-order valence-electron chi connectivity index (χ0n) is 15.3. The van der Waals surface area contributed by atoms with E-state index in [0.29, 0.717) is 24.6 Å². The predicted molar refractivity (Wildman–Crippen MR) is 98.6 cm³/mol. The third kappa shape index (κ3) is 4.02. The molecule has 0 spiro atoms. The van der Waals surface area contributed by atoms with Crippen molar-refractivity contribution in [1.82, 2.24) is 9.62 Å². The summed E-state index contributed by atoms with van der Waals surface area (Å²) in [5.74, 6) is 0.581. The van der Waals surface area contributed by atoms with E-state index in [1.54, 1.807) is 17.0 Å². The third-order valence-electron chi connectivity index (χ3n) is 5.11. The molecule has 1 saturated carbocycles. The topological polar surface area (TPSA) is 102 Å². The van der Waals surface area contributed by atoms with Crippen LogP contribution in [0.5, 0.6) is 5.75 Å². The summed E-state index contributed by atoms with van der Waals surface area (Å²) >= 11 is 0. The van der Waals surface area contributed by atoms with Crippen LogP contribution in [0.3, 0.4) is 0 Å². The lowest BCUT2D eigenvalue weighted by atomic mass is 9.92. The van der Waals surface area contributed by atoms with E-state index in [1.807, 2.05) is 0 Å². The Bertz CT molecular complexity index is 777. The number of piperidine rings is 1. The first-order valence-corrected chi connectivity index (χ1v) is 10.6. The van der Waals surface area contributed by atoms with Crippen molar-refractivity contribution in [2.24, 2.45) is 11.7 Å². The van der Waals surface area contributed by atoms with E-state index in [2.05, 4.69) is 11.6 Å². The van der Waals surface area contributed by atoms with Gasteiger partial charge in [0.15, 0.2) is 0 Å². The number of sulfonamides is 1. The molecule has 0 bridgehead atoms. The number of benzene rings is 1. The van der Waals surface area contributed by atoms with Gasteiger partial charge in [0, 0.05) is 30.7 Å². The number of hydrogen-bond donors (Lipinski definition) is 2. The number of ether oxygens (including phenoxy) is 1. The van der Waals surface area contributed by atoms with E-state index in [4.69, 9.17) is 10.5 Å². The molecule has 1 heterocycles. The Hall–Kier alpha value is -1.64. The molecule has 1 aliphatic carbocycles. The van der Waals surface area contributed by atoms with Crippen LogP contribution in [-0.2, 0) is 10.0 Å². The highest BCUT2D eigenvalue weighted by atomic mass is 32.2. The smallest absolute Gasteiger partial charge is 0.254 e. The van der Waals surface area contributed by atoms with Crippen molar-refractivity contribution in [3.63, 3.8) is 0 Å². The first kappa shape index (κ1) is 19.1. The fraction of sp³-hybridized carbons (Fsp3) is 0.611. The standard InChI is InChI=1S/C18H27N3O4S/c1-12-7-8-21(15(9-12)11-19)18(22)13-3-6-16(25-2)17(10-13)26(23,24)20-14-4-5-14/h3,6,10,12,14-15,20H,4-5,7-9,11,19H2,1-2H3. The van der Waals surface area contributed by atoms with Gasteiger partial charge in [-0.3, -0.25) is 4.79 Å². The van der Waals surface area contributed by atoms with Crippen LogP contribution in [0.25, 0.3) is 0 Å². The second-order valence-electron chi connectivity index (χ2n) is 7.28. The Morgan fingerprint density at radius 2 is 2.08 bits per heavy atom. The number of rotatable bonds is 6. The zero-order chi connectivity index (χ0) is 18.9. The van der Waals surface area contributed by atoms with Crippen molar-refractivity contribution < 1.29 is 17.9 Å². The van der Waals surface area contributed by atoms with Gasteiger partial charge in [-0.25, -0.2) is 13.1 Å². The molecular weight excluding hydrogens is 354 g/mol. The highest BCUT2D eigenvalue weighted by Gasteiger charge is 2.33. The number of carbonyl (C=O) groups excluding carboxylic acids is 1. The van der Waals surface area contributed by atoms with Crippen LogP contribution in [0, 0.1) is 5.92 Å². The van der Waals surface area contributed by atoms with Gasteiger partial charge in [0.25, 0.3) is 5.91 Å². The van der Waals surface area contributed by atoms with E-state index in [9.17, 15) is 13.2 Å². The van der Waals surface area contributed by atoms with E-state index >= 15 is 0 Å². The molecule has 1 saturated heterocycles. The lowest BCUT2D eigenvalue weighted by Crippen LogP contribution is -2.49. The molecule has 1 aliphatic heterocycles. The molecule has 7 nitrogen and oxygen atoms in total. The molecule has 144 valence electrons. The van der Waals surface area contributed by atoms with Crippen LogP contribution in [0.15, 0.2) is 23.1 Å². The quantitative estimate of drug-likeness (QED) is 0.774. The number of likely N-dealkylation sites (tertiary alicyclic amines) is 1. The van der Waals surface area contributed by atoms with E-state index in [0.717, 1.165) is 25.7 Å². The summed E-state index contributed by atoms with van der Waals surface area (Å²) in [7, 11) is -2.30. The maximum absolute atomic E-state index is 13.0. The van der Waals surface area contributed by atoms with Gasteiger partial charge in [-0.1, -0.05) is 6.92 Å². The largest absolute Gasteiger partial charge is 0.495 e. The first-order chi connectivity index (χ1) is 12.4. The summed E-state index contributed by atoms with van der Waals surface area (Å²) in [6, 6.07) is 4.53. The molecule has 1 aromatic rings. The molecule has 8 heteroatoms. The monoisotopic (exact) mass is 381 g/mol. The normalized spacial score (nSPS) is 23.7. The summed E-state index contributed by atoms with van der Waals surface area (Å²) < 4.78 is 33.1. The van der Waals surface area contributed by atoms with Gasteiger partial charge in [-0.2, -0.15) is 0 Å². The van der Waals surface area contributed by atoms with Crippen LogP contribution < -0.4 is 15.2 Å². The molecule has 1 amide bonds. The van der Waals surface area contributed by atoms with Crippen molar-refractivity contribution in [2.45, 2.75) is 49.6 Å². The molecule has 1 aromatic carbocycles.